The molecule has 1 heterocycles. The monoisotopic (exact) mass is 378 g/mol. The van der Waals surface area contributed by atoms with E-state index in [-0.39, 0.29) is 12.0 Å². The smallest absolute Gasteiger partial charge is 0.249 e. The molecule has 0 atom stereocenters. The summed E-state index contributed by atoms with van der Waals surface area (Å²) in [5, 5.41) is 17.0. The molecule has 3 rings (SSSR count). The van der Waals surface area contributed by atoms with Crippen molar-refractivity contribution in [1.82, 2.24) is 15.2 Å². The maximum absolute atomic E-state index is 11.2. The van der Waals surface area contributed by atoms with E-state index in [2.05, 4.69) is 31.1 Å². The third kappa shape index (κ3) is 5.66. The molecule has 0 bridgehead atoms. The van der Waals surface area contributed by atoms with Gasteiger partial charge >= 0.3 is 0 Å². The highest BCUT2D eigenvalue weighted by Gasteiger charge is 2.04. The fourth-order valence-electron chi connectivity index (χ4n) is 2.46. The minimum atomic E-state index is -0.128. The van der Waals surface area contributed by atoms with Crippen LogP contribution in [0.4, 0.5) is 28.8 Å². The Balaban J connectivity index is 1.68. The van der Waals surface area contributed by atoms with Gasteiger partial charge in [-0.15, -0.1) is 5.10 Å². The van der Waals surface area contributed by atoms with Crippen LogP contribution in [0.25, 0.3) is 0 Å². The molecule has 0 aliphatic carbocycles. The Morgan fingerprint density at radius 3 is 2.46 bits per heavy atom. The van der Waals surface area contributed by atoms with Gasteiger partial charge in [-0.05, 0) is 56.3 Å². The van der Waals surface area contributed by atoms with Crippen molar-refractivity contribution in [3.05, 3.63) is 54.7 Å². The molecule has 0 aliphatic heterocycles. The molecule has 0 saturated carbocycles. The van der Waals surface area contributed by atoms with Crippen molar-refractivity contribution in [2.24, 2.45) is 0 Å². The molecule has 0 radical (unpaired) electrons. The molecule has 8 nitrogen and oxygen atoms in total. The molecule has 0 spiro atoms. The number of rotatable bonds is 7. The number of carbonyl (C=O) groups excluding carboxylic acids is 1. The van der Waals surface area contributed by atoms with E-state index in [0.717, 1.165) is 17.1 Å². The van der Waals surface area contributed by atoms with E-state index in [1.807, 2.05) is 62.4 Å². The van der Waals surface area contributed by atoms with Crippen LogP contribution in [0.2, 0.25) is 0 Å². The lowest BCUT2D eigenvalue weighted by atomic mass is 10.2. The highest BCUT2D eigenvalue weighted by atomic mass is 16.5. The van der Waals surface area contributed by atoms with Crippen LogP contribution in [0.3, 0.4) is 0 Å². The minimum absolute atomic E-state index is 0.123. The molecule has 1 amide bonds. The first-order valence-electron chi connectivity index (χ1n) is 8.86. The lowest BCUT2D eigenvalue weighted by Crippen LogP contribution is -2.06. The van der Waals surface area contributed by atoms with Gasteiger partial charge in [-0.3, -0.25) is 4.79 Å². The Bertz CT molecular complexity index is 943. The summed E-state index contributed by atoms with van der Waals surface area (Å²) in [6.45, 7) is 5.43. The summed E-state index contributed by atoms with van der Waals surface area (Å²) >= 11 is 0. The van der Waals surface area contributed by atoms with E-state index >= 15 is 0 Å². The van der Waals surface area contributed by atoms with Crippen LogP contribution in [0.5, 0.6) is 5.75 Å². The zero-order chi connectivity index (χ0) is 19.9. The lowest BCUT2D eigenvalue weighted by Gasteiger charge is -2.11. The van der Waals surface area contributed by atoms with Crippen LogP contribution < -0.4 is 20.7 Å². The van der Waals surface area contributed by atoms with Crippen molar-refractivity contribution >= 4 is 34.7 Å². The summed E-state index contributed by atoms with van der Waals surface area (Å²) in [5.41, 5.74) is 2.29. The van der Waals surface area contributed by atoms with E-state index in [1.54, 1.807) is 0 Å². The zero-order valence-corrected chi connectivity index (χ0v) is 15.9. The summed E-state index contributed by atoms with van der Waals surface area (Å²) in [7, 11) is 0. The van der Waals surface area contributed by atoms with E-state index in [9.17, 15) is 4.79 Å². The summed E-state index contributed by atoms with van der Waals surface area (Å²) < 4.78 is 5.63. The molecule has 144 valence electrons. The second-order valence-corrected chi connectivity index (χ2v) is 6.37. The molecular formula is C20H22N6O2. The molecular weight excluding hydrogens is 356 g/mol. The van der Waals surface area contributed by atoms with E-state index < -0.39 is 0 Å². The number of nitrogens with zero attached hydrogens (tertiary/aromatic N) is 3. The van der Waals surface area contributed by atoms with Crippen molar-refractivity contribution in [3.8, 4) is 5.75 Å². The number of carbonyl (C=O) groups is 1. The van der Waals surface area contributed by atoms with Crippen molar-refractivity contribution in [1.29, 1.82) is 0 Å². The Kier molecular flexibility index (Phi) is 6.01. The summed E-state index contributed by atoms with van der Waals surface area (Å²) in [5.74, 6) is 1.56. The second kappa shape index (κ2) is 8.81. The molecule has 0 saturated heterocycles. The fraction of sp³-hybridized carbons (Fsp3) is 0.200. The molecule has 3 aromatic rings. The number of anilines is 5. The van der Waals surface area contributed by atoms with Crippen LogP contribution in [0.15, 0.2) is 54.7 Å². The summed E-state index contributed by atoms with van der Waals surface area (Å²) in [6.07, 6.45) is 1.65. The van der Waals surface area contributed by atoms with Crippen LogP contribution in [-0.4, -0.2) is 27.2 Å². The molecule has 2 aromatic carbocycles. The Labute approximate surface area is 163 Å². The number of hydrogen-bond donors (Lipinski definition) is 3. The first-order valence-corrected chi connectivity index (χ1v) is 8.86. The zero-order valence-electron chi connectivity index (χ0n) is 15.9. The average Bonchev–Trinajstić information content (AvgIpc) is 2.63. The van der Waals surface area contributed by atoms with Gasteiger partial charge in [0.25, 0.3) is 0 Å². The first-order chi connectivity index (χ1) is 13.5. The van der Waals surface area contributed by atoms with Gasteiger partial charge in [0.1, 0.15) is 5.75 Å². The Morgan fingerprint density at radius 2 is 1.75 bits per heavy atom. The van der Waals surface area contributed by atoms with Gasteiger partial charge in [-0.25, -0.2) is 0 Å². The normalized spacial score (nSPS) is 10.4. The predicted molar refractivity (Wildman–Crippen MR) is 109 cm³/mol. The molecule has 1 aromatic heterocycles. The summed E-state index contributed by atoms with van der Waals surface area (Å²) in [6, 6.07) is 14.9. The third-order valence-electron chi connectivity index (χ3n) is 3.50. The lowest BCUT2D eigenvalue weighted by molar-refractivity contribution is -0.114. The Morgan fingerprint density at radius 1 is 1.00 bits per heavy atom. The van der Waals surface area contributed by atoms with Crippen LogP contribution in [-0.2, 0) is 4.79 Å². The molecule has 28 heavy (non-hydrogen) atoms. The number of nitrogens with one attached hydrogen (secondary N) is 3. The SMILES string of the molecule is CC(=O)Nc1cccc(Nc2cnnc(Nc3ccc(OC(C)C)cc3)n2)c1. The van der Waals surface area contributed by atoms with Gasteiger partial charge in [0.05, 0.1) is 12.3 Å². The van der Waals surface area contributed by atoms with Crippen molar-refractivity contribution < 1.29 is 9.53 Å². The molecule has 3 N–H and O–H groups in total. The largest absolute Gasteiger partial charge is 0.491 e. The fourth-order valence-corrected chi connectivity index (χ4v) is 2.46. The third-order valence-corrected chi connectivity index (χ3v) is 3.50. The number of amides is 1. The molecule has 0 aliphatic rings. The van der Waals surface area contributed by atoms with Crippen LogP contribution >= 0.6 is 0 Å². The number of aromatic nitrogens is 3. The second-order valence-electron chi connectivity index (χ2n) is 6.37. The van der Waals surface area contributed by atoms with Crippen LogP contribution in [0, 0.1) is 0 Å². The van der Waals surface area contributed by atoms with Gasteiger partial charge < -0.3 is 20.7 Å². The van der Waals surface area contributed by atoms with Crippen LogP contribution in [0.1, 0.15) is 20.8 Å². The molecule has 0 fully saturated rings. The first kappa shape index (κ1) is 19.1. The van der Waals surface area contributed by atoms with E-state index in [0.29, 0.717) is 17.5 Å². The van der Waals surface area contributed by atoms with E-state index in [1.165, 1.54) is 13.1 Å². The minimum Gasteiger partial charge on any atom is -0.491 e. The van der Waals surface area contributed by atoms with Gasteiger partial charge in [0.2, 0.25) is 11.9 Å². The summed E-state index contributed by atoms with van der Waals surface area (Å²) in [4.78, 5) is 15.6. The van der Waals surface area contributed by atoms with Gasteiger partial charge in [-0.1, -0.05) is 6.07 Å². The van der Waals surface area contributed by atoms with Gasteiger partial charge in [0, 0.05) is 24.0 Å². The van der Waals surface area contributed by atoms with Gasteiger partial charge in [0.15, 0.2) is 5.82 Å². The van der Waals surface area contributed by atoms with Crippen molar-refractivity contribution in [2.75, 3.05) is 16.0 Å². The maximum Gasteiger partial charge on any atom is 0.249 e. The highest BCUT2D eigenvalue weighted by molar-refractivity contribution is 5.89. The molecule has 0 unspecified atom stereocenters. The average molecular weight is 378 g/mol. The standard InChI is InChI=1S/C20H22N6O2/c1-13(2)28-18-9-7-15(8-10-18)24-20-25-19(12-21-26-20)23-17-6-4-5-16(11-17)22-14(3)27/h4-13H,1-3H3,(H,22,27)(H2,23,24,25,26). The van der Waals surface area contributed by atoms with E-state index in [4.69, 9.17) is 4.74 Å². The van der Waals surface area contributed by atoms with Crippen molar-refractivity contribution in [3.63, 3.8) is 0 Å². The van der Waals surface area contributed by atoms with Gasteiger partial charge in [-0.2, -0.15) is 10.1 Å². The number of hydrogen-bond acceptors (Lipinski definition) is 7. The Hall–Kier alpha value is -3.68. The number of ether oxygens (including phenoxy) is 1. The van der Waals surface area contributed by atoms with Crippen molar-refractivity contribution in [2.45, 2.75) is 26.9 Å². The quantitative estimate of drug-likeness (QED) is 0.569. The highest BCUT2D eigenvalue weighted by Crippen LogP contribution is 2.21. The topological polar surface area (TPSA) is 101 Å². The number of benzene rings is 2. The predicted octanol–water partition coefficient (Wildman–Crippen LogP) is 4.10. The maximum atomic E-state index is 11.2. The molecule has 8 heteroatoms.